The third-order valence-corrected chi connectivity index (χ3v) is 13.3. The monoisotopic (exact) mass is 971 g/mol. The molecule has 0 spiro atoms. The number of phosphoric ester groups is 3. The van der Waals surface area contributed by atoms with E-state index in [1.807, 2.05) is 0 Å². The highest BCUT2D eigenvalue weighted by Crippen LogP contribution is 2.56. The fourth-order valence-corrected chi connectivity index (χ4v) is 9.44. The fourth-order valence-electron chi connectivity index (χ4n) is 5.99. The lowest BCUT2D eigenvalue weighted by molar-refractivity contribution is -0.347. The number of imidazole rings is 1. The minimum absolute atomic E-state index is 0.0196. The van der Waals surface area contributed by atoms with E-state index in [9.17, 15) is 57.9 Å². The number of nitrogens with one attached hydrogen (secondary N) is 2. The van der Waals surface area contributed by atoms with E-state index >= 15 is 0 Å². The second kappa shape index (κ2) is 25.9. The maximum absolute atomic E-state index is 12.6. The van der Waals surface area contributed by atoms with Gasteiger partial charge in [-0.15, -0.1) is 0 Å². The number of rotatable bonds is 30. The Labute approximate surface area is 368 Å². The Bertz CT molecular complexity index is 1970. The summed E-state index contributed by atoms with van der Waals surface area (Å²) >= 11 is 1.12. The number of hydrogen-bond donors (Lipinski definition) is 5. The number of allylic oxidation sites excluding steroid dienone is 2. The molecule has 6 N–H and O–H groups in total. The number of nitrogens with two attached hydrogens (primary N) is 1. The van der Waals surface area contributed by atoms with Crippen molar-refractivity contribution in [2.45, 2.75) is 122 Å². The fraction of sp³-hybridized carbons (Fsp3) is 0.714. The predicted molar refractivity (Wildman–Crippen MR) is 219 cm³/mol. The molecule has 0 bridgehead atoms. The maximum Gasteiger partial charge on any atom is 0.274 e. The normalized spacial score (nSPS) is 20.7. The van der Waals surface area contributed by atoms with Crippen LogP contribution in [0.4, 0.5) is 5.82 Å². The minimum atomic E-state index is -5.92. The Morgan fingerprint density at radius 3 is 2.33 bits per heavy atom. The zero-order valence-electron chi connectivity index (χ0n) is 35.1. The molecule has 2 unspecified atom stereocenters. The van der Waals surface area contributed by atoms with Crippen molar-refractivity contribution in [2.24, 2.45) is 5.41 Å². The Morgan fingerprint density at radius 1 is 0.968 bits per heavy atom. The van der Waals surface area contributed by atoms with Crippen LogP contribution < -0.4 is 35.9 Å². The second-order valence-corrected chi connectivity index (χ2v) is 20.3. The molecule has 3 rings (SSSR count). The van der Waals surface area contributed by atoms with Crippen molar-refractivity contribution in [3.8, 4) is 0 Å². The van der Waals surface area contributed by atoms with E-state index in [-0.39, 0.29) is 41.6 Å². The van der Waals surface area contributed by atoms with Gasteiger partial charge in [-0.3, -0.25) is 28.1 Å². The van der Waals surface area contributed by atoms with E-state index in [1.54, 1.807) is 0 Å². The molecule has 1 saturated heterocycles. The predicted octanol–water partition coefficient (Wildman–Crippen LogP) is 0.614. The highest BCUT2D eigenvalue weighted by Gasteiger charge is 2.47. The van der Waals surface area contributed by atoms with Crippen LogP contribution in [0.5, 0.6) is 0 Å². The average molecular weight is 972 g/mol. The van der Waals surface area contributed by atoms with Crippen LogP contribution >= 0.6 is 35.2 Å². The molecule has 3 heterocycles. The third-order valence-electron chi connectivity index (χ3n) is 9.38. The van der Waals surface area contributed by atoms with E-state index in [4.69, 9.17) is 10.5 Å². The molecule has 1 aliphatic heterocycles. The number of unbranched alkanes of at least 4 members (excludes halogenated alkanes) is 7. The molecule has 0 aliphatic carbocycles. The number of carbonyl (C=O) groups excluding carboxylic acids is 3. The number of nitrogen functional groups attached to an aromatic ring is 1. The van der Waals surface area contributed by atoms with E-state index in [1.165, 1.54) is 52.4 Å². The summed E-state index contributed by atoms with van der Waals surface area (Å²) in [5.74, 6) is -1.16. The highest BCUT2D eigenvalue weighted by atomic mass is 32.2. The summed E-state index contributed by atoms with van der Waals surface area (Å²) in [7, 11) is -17.6. The molecule has 7 atom stereocenters. The zero-order valence-corrected chi connectivity index (χ0v) is 38.6. The Hall–Kier alpha value is -2.70. The largest absolute Gasteiger partial charge is 0.790 e. The molecule has 358 valence electrons. The molecule has 1 fully saturated rings. The number of aromatic nitrogens is 4. The summed E-state index contributed by atoms with van der Waals surface area (Å²) in [6.07, 6.45) is 7.24. The van der Waals surface area contributed by atoms with Gasteiger partial charge in [0.05, 0.1) is 27.4 Å². The summed E-state index contributed by atoms with van der Waals surface area (Å²) in [5, 5.41) is 26.4. The molecule has 0 radical (unpaired) electrons. The number of hydrogen-bond acceptors (Lipinski definition) is 22. The van der Waals surface area contributed by atoms with Crippen LogP contribution in [0.15, 0.2) is 24.8 Å². The Kier molecular flexibility index (Phi) is 22.4. The quantitative estimate of drug-likeness (QED) is 0.0407. The van der Waals surface area contributed by atoms with Gasteiger partial charge in [0.15, 0.2) is 22.8 Å². The summed E-state index contributed by atoms with van der Waals surface area (Å²) in [6.45, 7) is 2.34. The summed E-state index contributed by atoms with van der Waals surface area (Å²) in [6, 6.07) is 0. The summed E-state index contributed by atoms with van der Waals surface area (Å²) in [4.78, 5) is 96.6. The van der Waals surface area contributed by atoms with Crippen LogP contribution in [0.25, 0.3) is 11.2 Å². The van der Waals surface area contributed by atoms with Gasteiger partial charge in [0.25, 0.3) is 15.6 Å². The maximum atomic E-state index is 12.6. The van der Waals surface area contributed by atoms with Crippen LogP contribution in [0.3, 0.4) is 0 Å². The van der Waals surface area contributed by atoms with Crippen LogP contribution in [-0.2, 0) is 50.7 Å². The van der Waals surface area contributed by atoms with Gasteiger partial charge in [0.1, 0.15) is 36.3 Å². The van der Waals surface area contributed by atoms with Gasteiger partial charge >= 0.3 is 0 Å². The molecular weight excluding hydrogens is 915 g/mol. The number of nitrogens with zero attached hydrogens (tertiary/aromatic N) is 4. The molecule has 2 aromatic rings. The SMILES string of the molecule is CCCCCCCC/C=C\CCCC(=O)SCCNC(=O)CCNC(=O)[C@H](O)C(C)(C)COP(=O)([O-])OP(=O)([O-])OC[C@H]1O[C@@H](n2cnc3c(N)ncnc32)[C@H](O)[C@@H]1OP(=O)([O-])[O-]. The summed E-state index contributed by atoms with van der Waals surface area (Å²) in [5.41, 5.74) is 4.08. The molecule has 24 nitrogen and oxygen atoms in total. The Morgan fingerprint density at radius 2 is 1.63 bits per heavy atom. The second-order valence-electron chi connectivity index (χ2n) is 15.1. The van der Waals surface area contributed by atoms with Crippen molar-refractivity contribution in [1.29, 1.82) is 0 Å². The van der Waals surface area contributed by atoms with Gasteiger partial charge in [-0.2, -0.15) is 0 Å². The number of amides is 2. The van der Waals surface area contributed by atoms with Crippen molar-refractivity contribution in [3.05, 3.63) is 24.8 Å². The molecule has 1 aliphatic rings. The molecule has 28 heteroatoms. The number of phosphoric acid groups is 3. The number of anilines is 1. The third kappa shape index (κ3) is 19.4. The van der Waals surface area contributed by atoms with Crippen molar-refractivity contribution in [3.63, 3.8) is 0 Å². The lowest BCUT2D eigenvalue weighted by Gasteiger charge is -2.36. The van der Waals surface area contributed by atoms with Gasteiger partial charge < -0.3 is 69.0 Å². The molecule has 0 aromatic carbocycles. The lowest BCUT2D eigenvalue weighted by atomic mass is 9.87. The molecule has 0 saturated carbocycles. The standard InChI is InChI=1S/C35H60N7O17P3S/c1-4-5-6-7-8-9-10-11-12-13-14-15-26(44)63-19-18-37-25(43)16-17-38-33(47)30(46)35(2,3)21-56-62(53,54)59-61(51,52)55-20-24-29(58-60(48,49)50)28(45)34(57-24)42-23-41-27-31(36)39-22-40-32(27)42/h11-12,22-24,28-30,34,45-46H,4-10,13-21H2,1-3H3,(H,37,43)(H,38,47)(H,51,52)(H,53,54)(H2,36,39,40)(H2,48,49,50)/p-4/b12-11-/t24-,28-,29-,30+,34-/m1/s1. The molecule has 63 heavy (non-hydrogen) atoms. The van der Waals surface area contributed by atoms with Gasteiger partial charge in [-0.1, -0.05) is 76.8 Å². The number of aliphatic hydroxyl groups is 2. The average Bonchev–Trinajstić information content (AvgIpc) is 3.76. The summed E-state index contributed by atoms with van der Waals surface area (Å²) < 4.78 is 60.7. The molecular formula is C35H56N7O17P3S-4. The van der Waals surface area contributed by atoms with Gasteiger partial charge in [0, 0.05) is 37.1 Å². The number of ether oxygens (including phenoxy) is 1. The number of aliphatic hydroxyl groups excluding tert-OH is 2. The van der Waals surface area contributed by atoms with Crippen molar-refractivity contribution >= 4 is 69.1 Å². The van der Waals surface area contributed by atoms with Crippen LogP contribution in [0.2, 0.25) is 0 Å². The first-order chi connectivity index (χ1) is 29.6. The van der Waals surface area contributed by atoms with Crippen LogP contribution in [-0.4, -0.2) is 103 Å². The van der Waals surface area contributed by atoms with E-state index in [0.717, 1.165) is 48.2 Å². The van der Waals surface area contributed by atoms with Crippen molar-refractivity contribution < 1.29 is 80.5 Å². The van der Waals surface area contributed by atoms with Gasteiger partial charge in [-0.05, 0) is 25.7 Å². The topological polar surface area (TPSA) is 375 Å². The van der Waals surface area contributed by atoms with E-state index in [0.29, 0.717) is 12.2 Å². The first-order valence-electron chi connectivity index (χ1n) is 20.2. The molecule has 2 amide bonds. The zero-order chi connectivity index (χ0) is 46.8. The Balaban J connectivity index is 1.36. The van der Waals surface area contributed by atoms with E-state index < -0.39 is 84.6 Å². The first-order valence-corrected chi connectivity index (χ1v) is 25.5. The lowest BCUT2D eigenvalue weighted by Crippen LogP contribution is -2.46. The van der Waals surface area contributed by atoms with Gasteiger partial charge in [-0.25, -0.2) is 19.3 Å². The molecule has 2 aromatic heterocycles. The van der Waals surface area contributed by atoms with Gasteiger partial charge in [0.2, 0.25) is 11.8 Å². The highest BCUT2D eigenvalue weighted by molar-refractivity contribution is 8.13. The van der Waals surface area contributed by atoms with Crippen molar-refractivity contribution in [2.75, 3.05) is 37.8 Å². The van der Waals surface area contributed by atoms with Crippen molar-refractivity contribution in [1.82, 2.24) is 30.2 Å². The van der Waals surface area contributed by atoms with Crippen LogP contribution in [0.1, 0.15) is 97.6 Å². The number of carbonyl (C=O) groups is 3. The van der Waals surface area contributed by atoms with E-state index in [2.05, 4.69) is 62.5 Å². The number of fused-ring (bicyclic) bond motifs is 1. The number of thioether (sulfide) groups is 1. The first kappa shape index (κ1) is 54.6. The van der Waals surface area contributed by atoms with Crippen LogP contribution in [0, 0.1) is 5.41 Å². The smallest absolute Gasteiger partial charge is 0.274 e. The minimum Gasteiger partial charge on any atom is -0.790 e.